The Morgan fingerprint density at radius 3 is 2.44 bits per heavy atom. The first-order valence-corrected chi connectivity index (χ1v) is 11.6. The number of benzene rings is 2. The fraction of sp³-hybridized carbons (Fsp3) is 0.423. The van der Waals surface area contributed by atoms with Gasteiger partial charge in [-0.05, 0) is 62.4 Å². The summed E-state index contributed by atoms with van der Waals surface area (Å²) in [5.41, 5.74) is 0.436. The van der Waals surface area contributed by atoms with Crippen LogP contribution in [0.1, 0.15) is 53.8 Å². The van der Waals surface area contributed by atoms with Gasteiger partial charge in [-0.3, -0.25) is 14.4 Å². The summed E-state index contributed by atoms with van der Waals surface area (Å²) >= 11 is 0. The Labute approximate surface area is 199 Å². The number of piperidine rings is 1. The molecule has 2 N–H and O–H groups in total. The summed E-state index contributed by atoms with van der Waals surface area (Å²) in [6.07, 6.45) is 1.78. The first kappa shape index (κ1) is 25.2. The molecule has 3 rings (SSSR count). The van der Waals surface area contributed by atoms with Gasteiger partial charge in [0.15, 0.2) is 0 Å². The van der Waals surface area contributed by atoms with Crippen LogP contribution in [0.15, 0.2) is 48.5 Å². The van der Waals surface area contributed by atoms with E-state index in [-0.39, 0.29) is 35.2 Å². The number of amides is 3. The highest BCUT2D eigenvalue weighted by atomic mass is 19.1. The lowest BCUT2D eigenvalue weighted by molar-refractivity contribution is -0.125. The van der Waals surface area contributed by atoms with Gasteiger partial charge in [-0.15, -0.1) is 0 Å². The fourth-order valence-corrected chi connectivity index (χ4v) is 4.06. The Hall–Kier alpha value is -3.42. The molecule has 0 radical (unpaired) electrons. The number of nitrogens with one attached hydrogen (secondary N) is 2. The van der Waals surface area contributed by atoms with Crippen LogP contribution >= 0.6 is 0 Å². The van der Waals surface area contributed by atoms with Gasteiger partial charge in [-0.2, -0.15) is 0 Å². The number of hydrogen-bond donors (Lipinski definition) is 2. The smallest absolute Gasteiger partial charge is 0.256 e. The summed E-state index contributed by atoms with van der Waals surface area (Å²) in [6, 6.07) is 11.9. The second-order valence-corrected chi connectivity index (χ2v) is 8.61. The Kier molecular flexibility index (Phi) is 8.62. The highest BCUT2D eigenvalue weighted by Crippen LogP contribution is 2.24. The van der Waals surface area contributed by atoms with E-state index in [9.17, 15) is 18.8 Å². The van der Waals surface area contributed by atoms with E-state index in [0.717, 1.165) is 6.42 Å². The second-order valence-electron chi connectivity index (χ2n) is 8.61. The van der Waals surface area contributed by atoms with Crippen LogP contribution in [0.4, 0.5) is 4.39 Å². The molecule has 0 aliphatic carbocycles. The van der Waals surface area contributed by atoms with E-state index >= 15 is 0 Å². The molecule has 2 atom stereocenters. The lowest BCUT2D eigenvalue weighted by Crippen LogP contribution is -2.55. The van der Waals surface area contributed by atoms with Crippen LogP contribution in [-0.2, 0) is 4.79 Å². The molecule has 2 aromatic carbocycles. The van der Waals surface area contributed by atoms with E-state index in [1.165, 1.54) is 19.2 Å². The van der Waals surface area contributed by atoms with Gasteiger partial charge < -0.3 is 20.3 Å². The van der Waals surface area contributed by atoms with Crippen LogP contribution in [0.2, 0.25) is 0 Å². The van der Waals surface area contributed by atoms with Crippen molar-refractivity contribution in [3.63, 3.8) is 0 Å². The van der Waals surface area contributed by atoms with Crippen LogP contribution in [0.5, 0.6) is 5.75 Å². The minimum absolute atomic E-state index is 0.0357. The van der Waals surface area contributed by atoms with Crippen molar-refractivity contribution in [2.24, 2.45) is 5.92 Å². The largest absolute Gasteiger partial charge is 0.497 e. The van der Waals surface area contributed by atoms with Gasteiger partial charge >= 0.3 is 0 Å². The van der Waals surface area contributed by atoms with E-state index in [0.29, 0.717) is 37.2 Å². The standard InChI is InChI=1S/C26H32FN3O4/c1-4-17(2)28-25(32)23(29-24(31)19-8-7-9-20(16-19)34-3)18-12-14-30(15-13-18)26(33)21-10-5-6-11-22(21)27/h5-11,16-18,23H,4,12-15H2,1-3H3,(H,28,32)(H,29,31)/t17-,23+/m0/s1. The third-order valence-corrected chi connectivity index (χ3v) is 6.30. The van der Waals surface area contributed by atoms with Crippen LogP contribution in [-0.4, -0.2) is 54.9 Å². The molecule has 34 heavy (non-hydrogen) atoms. The number of methoxy groups -OCH3 is 1. The monoisotopic (exact) mass is 469 g/mol. The highest BCUT2D eigenvalue weighted by molar-refractivity contribution is 5.98. The van der Waals surface area contributed by atoms with E-state index in [4.69, 9.17) is 4.74 Å². The average molecular weight is 470 g/mol. The van der Waals surface area contributed by atoms with Crippen LogP contribution in [0.3, 0.4) is 0 Å². The molecule has 1 aliphatic rings. The summed E-state index contributed by atoms with van der Waals surface area (Å²) in [4.78, 5) is 40.4. The summed E-state index contributed by atoms with van der Waals surface area (Å²) in [5.74, 6) is -1.14. The number of halogens is 1. The molecular formula is C26H32FN3O4. The molecule has 1 heterocycles. The minimum atomic E-state index is -0.751. The molecule has 0 saturated carbocycles. The van der Waals surface area contributed by atoms with Crippen molar-refractivity contribution in [3.8, 4) is 5.75 Å². The second kappa shape index (κ2) is 11.6. The van der Waals surface area contributed by atoms with Crippen molar-refractivity contribution in [3.05, 3.63) is 65.5 Å². The van der Waals surface area contributed by atoms with E-state index in [1.54, 1.807) is 41.3 Å². The van der Waals surface area contributed by atoms with Crippen molar-refractivity contribution in [2.45, 2.75) is 45.2 Å². The summed E-state index contributed by atoms with van der Waals surface area (Å²) in [6.45, 7) is 4.63. The minimum Gasteiger partial charge on any atom is -0.497 e. The first-order valence-electron chi connectivity index (χ1n) is 11.6. The van der Waals surface area contributed by atoms with Gasteiger partial charge in [0.2, 0.25) is 5.91 Å². The van der Waals surface area contributed by atoms with Crippen molar-refractivity contribution in [1.82, 2.24) is 15.5 Å². The van der Waals surface area contributed by atoms with Gasteiger partial charge in [0.05, 0.1) is 12.7 Å². The number of likely N-dealkylation sites (tertiary alicyclic amines) is 1. The maximum absolute atomic E-state index is 14.1. The normalized spacial score (nSPS) is 15.8. The zero-order valence-electron chi connectivity index (χ0n) is 19.8. The summed E-state index contributed by atoms with van der Waals surface area (Å²) < 4.78 is 19.3. The van der Waals surface area contributed by atoms with Crippen LogP contribution in [0.25, 0.3) is 0 Å². The highest BCUT2D eigenvalue weighted by Gasteiger charge is 2.35. The number of carbonyl (C=O) groups excluding carboxylic acids is 3. The zero-order valence-corrected chi connectivity index (χ0v) is 19.8. The Morgan fingerprint density at radius 2 is 1.79 bits per heavy atom. The Bertz CT molecular complexity index is 1020. The predicted molar refractivity (Wildman–Crippen MR) is 127 cm³/mol. The molecular weight excluding hydrogens is 437 g/mol. The van der Waals surface area contributed by atoms with Gasteiger partial charge in [-0.1, -0.05) is 25.1 Å². The van der Waals surface area contributed by atoms with Crippen molar-refractivity contribution in [1.29, 1.82) is 0 Å². The van der Waals surface area contributed by atoms with Gasteiger partial charge in [0.1, 0.15) is 17.6 Å². The Balaban J connectivity index is 1.72. The first-order chi connectivity index (χ1) is 16.3. The number of carbonyl (C=O) groups is 3. The van der Waals surface area contributed by atoms with Gasteiger partial charge in [0, 0.05) is 24.7 Å². The molecule has 1 fully saturated rings. The maximum Gasteiger partial charge on any atom is 0.256 e. The quantitative estimate of drug-likeness (QED) is 0.620. The van der Waals surface area contributed by atoms with Crippen LogP contribution in [0, 0.1) is 11.7 Å². The SMILES string of the molecule is CC[C@H](C)NC(=O)[C@H](NC(=O)c1cccc(OC)c1)C1CCN(C(=O)c2ccccc2F)CC1. The van der Waals surface area contributed by atoms with Gasteiger partial charge in [-0.25, -0.2) is 4.39 Å². The molecule has 182 valence electrons. The number of ether oxygens (including phenoxy) is 1. The molecule has 1 saturated heterocycles. The molecule has 0 unspecified atom stereocenters. The molecule has 7 nitrogen and oxygen atoms in total. The summed E-state index contributed by atoms with van der Waals surface area (Å²) in [5, 5.41) is 5.86. The molecule has 0 spiro atoms. The average Bonchev–Trinajstić information content (AvgIpc) is 2.87. The van der Waals surface area contributed by atoms with E-state index < -0.39 is 11.9 Å². The van der Waals surface area contributed by atoms with E-state index in [2.05, 4.69) is 10.6 Å². The lowest BCUT2D eigenvalue weighted by Gasteiger charge is -2.36. The topological polar surface area (TPSA) is 87.7 Å². The third-order valence-electron chi connectivity index (χ3n) is 6.30. The van der Waals surface area contributed by atoms with Crippen molar-refractivity contribution in [2.75, 3.05) is 20.2 Å². The molecule has 0 aromatic heterocycles. The third kappa shape index (κ3) is 6.12. The molecule has 3 amide bonds. The summed E-state index contributed by atoms with van der Waals surface area (Å²) in [7, 11) is 1.52. The Morgan fingerprint density at radius 1 is 1.09 bits per heavy atom. The molecule has 1 aliphatic heterocycles. The zero-order chi connectivity index (χ0) is 24.7. The van der Waals surface area contributed by atoms with E-state index in [1.807, 2.05) is 13.8 Å². The predicted octanol–water partition coefficient (Wildman–Crippen LogP) is 3.40. The van der Waals surface area contributed by atoms with Crippen molar-refractivity contribution < 1.29 is 23.5 Å². The number of hydrogen-bond acceptors (Lipinski definition) is 4. The lowest BCUT2D eigenvalue weighted by atomic mass is 9.88. The van der Waals surface area contributed by atoms with Crippen molar-refractivity contribution >= 4 is 17.7 Å². The fourth-order valence-electron chi connectivity index (χ4n) is 4.06. The number of rotatable bonds is 8. The van der Waals surface area contributed by atoms with Crippen LogP contribution < -0.4 is 15.4 Å². The molecule has 8 heteroatoms. The van der Waals surface area contributed by atoms with Gasteiger partial charge in [0.25, 0.3) is 11.8 Å². The molecule has 2 aromatic rings. The maximum atomic E-state index is 14.1. The number of nitrogens with zero attached hydrogens (tertiary/aromatic N) is 1. The molecule has 0 bridgehead atoms.